The van der Waals surface area contributed by atoms with Crippen LogP contribution in [-0.4, -0.2) is 28.2 Å². The molecule has 0 bridgehead atoms. The molecule has 6 heteroatoms. The highest BCUT2D eigenvalue weighted by Gasteiger charge is 2.45. The van der Waals surface area contributed by atoms with Crippen molar-refractivity contribution in [3.63, 3.8) is 0 Å². The summed E-state index contributed by atoms with van der Waals surface area (Å²) in [6.07, 6.45) is 0.682. The number of amides is 1. The minimum Gasteiger partial charge on any atom is -0.503 e. The van der Waals surface area contributed by atoms with Crippen LogP contribution in [0.2, 0.25) is 0 Å². The minimum atomic E-state index is -0.771. The van der Waals surface area contributed by atoms with Gasteiger partial charge in [-0.3, -0.25) is 9.59 Å². The van der Waals surface area contributed by atoms with Crippen molar-refractivity contribution in [2.45, 2.75) is 26.3 Å². The molecule has 1 aliphatic heterocycles. The van der Waals surface area contributed by atoms with E-state index in [2.05, 4.69) is 0 Å². The maximum atomic E-state index is 13.2. The summed E-state index contributed by atoms with van der Waals surface area (Å²) in [7, 11) is 0. The Hall–Kier alpha value is -3.28. The highest BCUT2D eigenvalue weighted by atomic mass is 16.4. The van der Waals surface area contributed by atoms with Crippen LogP contribution in [0.25, 0.3) is 11.0 Å². The van der Waals surface area contributed by atoms with E-state index in [9.17, 15) is 14.7 Å². The normalized spacial score (nSPS) is 17.3. The number of benzene rings is 1. The van der Waals surface area contributed by atoms with Crippen molar-refractivity contribution in [1.29, 1.82) is 0 Å². The van der Waals surface area contributed by atoms with Crippen LogP contribution >= 0.6 is 0 Å². The van der Waals surface area contributed by atoms with Gasteiger partial charge in [-0.15, -0.1) is 0 Å². The van der Waals surface area contributed by atoms with Gasteiger partial charge in [0.05, 0.1) is 5.57 Å². The number of aliphatic hydroxyl groups excluding tert-OH is 1. The molecular weight excluding hydrogens is 346 g/mol. The molecule has 0 saturated carbocycles. The highest BCUT2D eigenvalue weighted by molar-refractivity contribution is 6.15. The van der Waals surface area contributed by atoms with E-state index in [1.54, 1.807) is 31.2 Å². The number of Topliss-reactive ketones (excluding diaryl/α,β-unsaturated/α-hetero) is 1. The van der Waals surface area contributed by atoms with Gasteiger partial charge >= 0.3 is 0 Å². The van der Waals surface area contributed by atoms with Crippen molar-refractivity contribution < 1.29 is 23.5 Å². The number of hydrogen-bond donors (Lipinski definition) is 1. The monoisotopic (exact) mass is 365 g/mol. The largest absolute Gasteiger partial charge is 0.503 e. The summed E-state index contributed by atoms with van der Waals surface area (Å²) >= 11 is 0. The van der Waals surface area contributed by atoms with Gasteiger partial charge in [0, 0.05) is 11.9 Å². The quantitative estimate of drug-likeness (QED) is 0.681. The Labute approximate surface area is 155 Å². The first-order valence-corrected chi connectivity index (χ1v) is 8.85. The molecular formula is C21H19NO5. The number of aliphatic hydroxyl groups is 1. The lowest BCUT2D eigenvalue weighted by molar-refractivity contribution is -0.129. The Balaban J connectivity index is 1.81. The molecule has 1 amide bonds. The Kier molecular flexibility index (Phi) is 4.11. The maximum Gasteiger partial charge on any atom is 0.290 e. The van der Waals surface area contributed by atoms with E-state index in [1.165, 1.54) is 4.90 Å². The van der Waals surface area contributed by atoms with Crippen molar-refractivity contribution in [3.05, 3.63) is 71.1 Å². The Morgan fingerprint density at radius 2 is 1.96 bits per heavy atom. The van der Waals surface area contributed by atoms with Gasteiger partial charge < -0.3 is 18.8 Å². The fourth-order valence-corrected chi connectivity index (χ4v) is 3.48. The lowest BCUT2D eigenvalue weighted by Gasteiger charge is -2.24. The molecule has 0 spiro atoms. The zero-order valence-corrected chi connectivity index (χ0v) is 15.1. The third-order valence-corrected chi connectivity index (χ3v) is 4.69. The van der Waals surface area contributed by atoms with Crippen LogP contribution in [0.15, 0.2) is 62.6 Å². The summed E-state index contributed by atoms with van der Waals surface area (Å²) < 4.78 is 11.3. The zero-order valence-electron chi connectivity index (χ0n) is 15.1. The number of nitrogens with zero attached hydrogens (tertiary/aromatic N) is 1. The van der Waals surface area contributed by atoms with Crippen LogP contribution in [0.4, 0.5) is 0 Å². The van der Waals surface area contributed by atoms with E-state index in [-0.39, 0.29) is 11.3 Å². The van der Waals surface area contributed by atoms with Gasteiger partial charge in [0.1, 0.15) is 23.1 Å². The molecule has 3 aromatic rings. The van der Waals surface area contributed by atoms with E-state index in [0.29, 0.717) is 30.1 Å². The predicted octanol–water partition coefficient (Wildman–Crippen LogP) is 4.32. The second kappa shape index (κ2) is 6.46. The molecule has 3 heterocycles. The summed E-state index contributed by atoms with van der Waals surface area (Å²) in [4.78, 5) is 27.2. The molecule has 4 rings (SSSR count). The molecule has 27 heavy (non-hydrogen) atoms. The highest BCUT2D eigenvalue weighted by Crippen LogP contribution is 2.40. The summed E-state index contributed by atoms with van der Waals surface area (Å²) in [6.45, 7) is 4.10. The van der Waals surface area contributed by atoms with Crippen molar-refractivity contribution in [2.24, 2.45) is 0 Å². The smallest absolute Gasteiger partial charge is 0.290 e. The number of rotatable bonds is 5. The van der Waals surface area contributed by atoms with Crippen LogP contribution in [0.5, 0.6) is 0 Å². The predicted molar refractivity (Wildman–Crippen MR) is 98.4 cm³/mol. The summed E-state index contributed by atoms with van der Waals surface area (Å²) in [5.74, 6) is -0.455. The second-order valence-corrected chi connectivity index (χ2v) is 6.59. The number of ketones is 1. The molecule has 0 saturated heterocycles. The number of furan rings is 2. The first-order chi connectivity index (χ1) is 13.0. The second-order valence-electron chi connectivity index (χ2n) is 6.59. The molecule has 6 nitrogen and oxygen atoms in total. The van der Waals surface area contributed by atoms with E-state index in [1.807, 2.05) is 25.1 Å². The van der Waals surface area contributed by atoms with E-state index >= 15 is 0 Å². The maximum absolute atomic E-state index is 13.2. The molecule has 138 valence electrons. The SMILES string of the molecule is CCCN1C(=O)C(O)=C(C(=O)c2cc3ccccc3o2)C1c1ccc(C)o1. The first kappa shape index (κ1) is 17.1. The van der Waals surface area contributed by atoms with Crippen molar-refractivity contribution in [3.8, 4) is 0 Å². The fraction of sp³-hybridized carbons (Fsp3) is 0.238. The third-order valence-electron chi connectivity index (χ3n) is 4.69. The van der Waals surface area contributed by atoms with Gasteiger partial charge in [0.15, 0.2) is 11.5 Å². The lowest BCUT2D eigenvalue weighted by Crippen LogP contribution is -2.31. The Morgan fingerprint density at radius 1 is 1.19 bits per heavy atom. The van der Waals surface area contributed by atoms with Crippen molar-refractivity contribution in [1.82, 2.24) is 4.90 Å². The average Bonchev–Trinajstić information content (AvgIpc) is 3.34. The minimum absolute atomic E-state index is 0.0122. The van der Waals surface area contributed by atoms with Crippen LogP contribution in [0.3, 0.4) is 0 Å². The number of carbonyl (C=O) groups excluding carboxylic acids is 2. The molecule has 1 unspecified atom stereocenters. The molecule has 0 aliphatic carbocycles. The molecule has 1 aromatic carbocycles. The molecule has 0 radical (unpaired) electrons. The van der Waals surface area contributed by atoms with Crippen LogP contribution in [-0.2, 0) is 4.79 Å². The Bertz CT molecular complexity index is 1040. The van der Waals surface area contributed by atoms with Crippen LogP contribution in [0, 0.1) is 6.92 Å². The zero-order chi connectivity index (χ0) is 19.1. The van der Waals surface area contributed by atoms with Gasteiger partial charge in [-0.05, 0) is 37.6 Å². The lowest BCUT2D eigenvalue weighted by atomic mass is 9.99. The fourth-order valence-electron chi connectivity index (χ4n) is 3.48. The van der Waals surface area contributed by atoms with Gasteiger partial charge in [0.25, 0.3) is 5.91 Å². The number of fused-ring (bicyclic) bond motifs is 1. The van der Waals surface area contributed by atoms with E-state index in [0.717, 1.165) is 5.39 Å². The summed E-state index contributed by atoms with van der Waals surface area (Å²) in [6, 6.07) is 11.6. The number of aryl methyl sites for hydroxylation is 1. The summed E-state index contributed by atoms with van der Waals surface area (Å²) in [5.41, 5.74) is 0.558. The van der Waals surface area contributed by atoms with Crippen LogP contribution < -0.4 is 0 Å². The molecule has 1 N–H and O–H groups in total. The molecule has 2 aromatic heterocycles. The number of para-hydroxylation sites is 1. The van der Waals surface area contributed by atoms with E-state index in [4.69, 9.17) is 8.83 Å². The topological polar surface area (TPSA) is 83.9 Å². The van der Waals surface area contributed by atoms with Crippen LogP contribution in [0.1, 0.15) is 41.5 Å². The van der Waals surface area contributed by atoms with Gasteiger partial charge in [0.2, 0.25) is 5.78 Å². The van der Waals surface area contributed by atoms with Gasteiger partial charge in [-0.2, -0.15) is 0 Å². The first-order valence-electron chi connectivity index (χ1n) is 8.85. The standard InChI is InChI=1S/C21H19NO5/c1-3-10-22-18(15-9-8-12(2)26-15)17(20(24)21(22)25)19(23)16-11-13-6-4-5-7-14(13)27-16/h4-9,11,18,24H,3,10H2,1-2H3. The van der Waals surface area contributed by atoms with Crippen molar-refractivity contribution >= 4 is 22.7 Å². The van der Waals surface area contributed by atoms with Gasteiger partial charge in [-0.25, -0.2) is 0 Å². The Morgan fingerprint density at radius 3 is 2.63 bits per heavy atom. The van der Waals surface area contributed by atoms with E-state index < -0.39 is 23.5 Å². The third kappa shape index (κ3) is 2.73. The number of carbonyl (C=O) groups is 2. The van der Waals surface area contributed by atoms with Crippen molar-refractivity contribution in [2.75, 3.05) is 6.54 Å². The summed E-state index contributed by atoms with van der Waals surface area (Å²) in [5, 5.41) is 11.3. The molecule has 1 atom stereocenters. The number of hydrogen-bond acceptors (Lipinski definition) is 5. The molecule has 1 aliphatic rings. The molecule has 0 fully saturated rings. The van der Waals surface area contributed by atoms with Gasteiger partial charge in [-0.1, -0.05) is 25.1 Å². The average molecular weight is 365 g/mol.